The van der Waals surface area contributed by atoms with Crippen LogP contribution in [-0.4, -0.2) is 53.7 Å². The van der Waals surface area contributed by atoms with Crippen molar-refractivity contribution in [2.75, 3.05) is 48.0 Å². The van der Waals surface area contributed by atoms with Gasteiger partial charge >= 0.3 is 0 Å². The van der Waals surface area contributed by atoms with Crippen molar-refractivity contribution in [3.8, 4) is 0 Å². The van der Waals surface area contributed by atoms with Crippen LogP contribution in [0, 0.1) is 0 Å². The molecule has 1 amide bonds. The lowest BCUT2D eigenvalue weighted by atomic mass is 10.2. The molecule has 9 heteroatoms. The maximum absolute atomic E-state index is 11.9. The fraction of sp³-hybridized carbons (Fsp3) is 0.412. The minimum atomic E-state index is -0.0311. The van der Waals surface area contributed by atoms with Gasteiger partial charge in [-0.15, -0.1) is 0 Å². The fourth-order valence-electron chi connectivity index (χ4n) is 3.10. The lowest BCUT2D eigenvalue weighted by molar-refractivity contribution is -0.125. The summed E-state index contributed by atoms with van der Waals surface area (Å²) in [5.74, 6) is 0.971. The molecule has 4 rings (SSSR count). The first-order valence-corrected chi connectivity index (χ1v) is 8.98. The Morgan fingerprint density at radius 1 is 1.04 bits per heavy atom. The summed E-state index contributed by atoms with van der Waals surface area (Å²) in [5.41, 5.74) is 1.65. The number of morpholine rings is 1. The van der Waals surface area contributed by atoms with E-state index in [4.69, 9.17) is 16.3 Å². The molecule has 8 nitrogen and oxygen atoms in total. The summed E-state index contributed by atoms with van der Waals surface area (Å²) in [7, 11) is 0. The molecule has 2 aliphatic rings. The van der Waals surface area contributed by atoms with Gasteiger partial charge in [-0.2, -0.15) is 15.0 Å². The first kappa shape index (κ1) is 17.0. The number of hydrogen-bond acceptors (Lipinski definition) is 7. The largest absolute Gasteiger partial charge is 0.370 e. The molecule has 26 heavy (non-hydrogen) atoms. The van der Waals surface area contributed by atoms with Gasteiger partial charge in [-0.3, -0.25) is 4.79 Å². The van der Waals surface area contributed by atoms with Crippen LogP contribution in [0.1, 0.15) is 12.8 Å². The van der Waals surface area contributed by atoms with Crippen LogP contribution in [0.5, 0.6) is 0 Å². The van der Waals surface area contributed by atoms with E-state index < -0.39 is 0 Å². The normalized spacial score (nSPS) is 17.7. The van der Waals surface area contributed by atoms with Crippen molar-refractivity contribution in [2.24, 2.45) is 0 Å². The fourth-order valence-corrected chi connectivity index (χ4v) is 3.25. The number of nitrogens with zero attached hydrogens (tertiary/aromatic N) is 5. The van der Waals surface area contributed by atoms with Gasteiger partial charge in [0.25, 0.3) is 5.91 Å². The Kier molecular flexibility index (Phi) is 4.85. The number of nitrogens with one attached hydrogen (secondary N) is 1. The molecule has 0 unspecified atom stereocenters. The lowest BCUT2D eigenvalue weighted by Crippen LogP contribution is -2.41. The smallest absolute Gasteiger partial charge is 0.253 e. The average Bonchev–Trinajstić information content (AvgIpc) is 3.17. The molecule has 0 aliphatic carbocycles. The van der Waals surface area contributed by atoms with Crippen molar-refractivity contribution in [3.05, 3.63) is 29.5 Å². The molecule has 1 N–H and O–H groups in total. The number of hydrogen-bond donors (Lipinski definition) is 1. The molecule has 0 bridgehead atoms. The molecule has 136 valence electrons. The SMILES string of the molecule is O=C1COCCN1c1ccc(Nc2nc(Cl)nc(N3CCCC3)n2)cc1. The van der Waals surface area contributed by atoms with Gasteiger partial charge in [0.15, 0.2) is 0 Å². The van der Waals surface area contributed by atoms with Crippen LogP contribution in [0.2, 0.25) is 5.28 Å². The van der Waals surface area contributed by atoms with Crippen LogP contribution >= 0.6 is 11.6 Å². The van der Waals surface area contributed by atoms with Gasteiger partial charge in [0, 0.05) is 31.0 Å². The molecule has 2 aromatic rings. The standard InChI is InChI=1S/C17H19ClN6O2/c18-15-20-16(22-17(21-15)23-7-1-2-8-23)19-12-3-5-13(6-4-12)24-9-10-26-11-14(24)25/h3-6H,1-2,7-11H2,(H,19,20,21,22). The highest BCUT2D eigenvalue weighted by atomic mass is 35.5. The molecule has 0 spiro atoms. The van der Waals surface area contributed by atoms with E-state index in [1.165, 1.54) is 0 Å². The molecular formula is C17H19ClN6O2. The second-order valence-corrected chi connectivity index (χ2v) is 6.53. The summed E-state index contributed by atoms with van der Waals surface area (Å²) >= 11 is 6.05. The van der Waals surface area contributed by atoms with Crippen molar-refractivity contribution < 1.29 is 9.53 Å². The summed E-state index contributed by atoms with van der Waals surface area (Å²) in [5, 5.41) is 3.32. The summed E-state index contributed by atoms with van der Waals surface area (Å²) < 4.78 is 5.16. The first-order chi connectivity index (χ1) is 12.7. The molecule has 1 aromatic carbocycles. The molecule has 1 aromatic heterocycles. The molecule has 0 saturated carbocycles. The zero-order valence-corrected chi connectivity index (χ0v) is 14.9. The Bertz CT molecular complexity index is 794. The second kappa shape index (κ2) is 7.43. The number of ether oxygens (including phenoxy) is 1. The second-order valence-electron chi connectivity index (χ2n) is 6.19. The van der Waals surface area contributed by atoms with Crippen LogP contribution in [0.4, 0.5) is 23.3 Å². The van der Waals surface area contributed by atoms with Gasteiger partial charge in [-0.25, -0.2) is 0 Å². The Labute approximate surface area is 156 Å². The highest BCUT2D eigenvalue weighted by Gasteiger charge is 2.20. The van der Waals surface area contributed by atoms with Gasteiger partial charge in [0.2, 0.25) is 17.2 Å². The Hall–Kier alpha value is -2.45. The van der Waals surface area contributed by atoms with Crippen LogP contribution in [0.25, 0.3) is 0 Å². The van der Waals surface area contributed by atoms with Crippen molar-refractivity contribution in [3.63, 3.8) is 0 Å². The maximum Gasteiger partial charge on any atom is 0.253 e. The van der Waals surface area contributed by atoms with Gasteiger partial charge in [-0.05, 0) is 48.7 Å². The number of benzene rings is 1. The van der Waals surface area contributed by atoms with Crippen LogP contribution in [0.3, 0.4) is 0 Å². The van der Waals surface area contributed by atoms with Crippen molar-refractivity contribution in [1.82, 2.24) is 15.0 Å². The van der Waals surface area contributed by atoms with E-state index in [9.17, 15) is 4.79 Å². The molecule has 0 atom stereocenters. The number of carbonyl (C=O) groups is 1. The topological polar surface area (TPSA) is 83.5 Å². The minimum absolute atomic E-state index is 0.0311. The number of amides is 1. The Morgan fingerprint density at radius 3 is 2.54 bits per heavy atom. The highest BCUT2D eigenvalue weighted by Crippen LogP contribution is 2.23. The van der Waals surface area contributed by atoms with Gasteiger partial charge in [0.1, 0.15) is 6.61 Å². The molecule has 3 heterocycles. The third kappa shape index (κ3) is 3.71. The molecule has 0 radical (unpaired) electrons. The van der Waals surface area contributed by atoms with Gasteiger partial charge in [0.05, 0.1) is 6.61 Å². The highest BCUT2D eigenvalue weighted by molar-refractivity contribution is 6.28. The van der Waals surface area contributed by atoms with E-state index in [2.05, 4.69) is 25.2 Å². The average molecular weight is 375 g/mol. The molecule has 2 aliphatic heterocycles. The van der Waals surface area contributed by atoms with Crippen molar-refractivity contribution >= 4 is 40.8 Å². The van der Waals surface area contributed by atoms with Crippen molar-refractivity contribution in [2.45, 2.75) is 12.8 Å². The summed E-state index contributed by atoms with van der Waals surface area (Å²) in [4.78, 5) is 28.6. The predicted octanol–water partition coefficient (Wildman–Crippen LogP) is 2.23. The summed E-state index contributed by atoms with van der Waals surface area (Å²) in [6, 6.07) is 7.53. The van der Waals surface area contributed by atoms with Crippen LogP contribution < -0.4 is 15.1 Å². The van der Waals surface area contributed by atoms with Crippen molar-refractivity contribution in [1.29, 1.82) is 0 Å². The van der Waals surface area contributed by atoms with E-state index in [0.717, 1.165) is 37.3 Å². The monoisotopic (exact) mass is 374 g/mol. The van der Waals surface area contributed by atoms with E-state index in [-0.39, 0.29) is 17.8 Å². The zero-order valence-electron chi connectivity index (χ0n) is 14.2. The predicted molar refractivity (Wildman–Crippen MR) is 99.2 cm³/mol. The summed E-state index contributed by atoms with van der Waals surface area (Å²) in [6.45, 7) is 3.11. The molecular weight excluding hydrogens is 356 g/mol. The van der Waals surface area contributed by atoms with Crippen LogP contribution in [-0.2, 0) is 9.53 Å². The van der Waals surface area contributed by atoms with Gasteiger partial charge < -0.3 is 19.9 Å². The third-order valence-electron chi connectivity index (χ3n) is 4.41. The number of aromatic nitrogens is 3. The maximum atomic E-state index is 11.9. The molecule has 2 saturated heterocycles. The quantitative estimate of drug-likeness (QED) is 0.878. The first-order valence-electron chi connectivity index (χ1n) is 8.61. The van der Waals surface area contributed by atoms with Gasteiger partial charge in [-0.1, -0.05) is 0 Å². The zero-order chi connectivity index (χ0) is 17.9. The van der Waals surface area contributed by atoms with E-state index in [0.29, 0.717) is 25.0 Å². The van der Waals surface area contributed by atoms with E-state index in [1.807, 2.05) is 24.3 Å². The Balaban J connectivity index is 1.49. The van der Waals surface area contributed by atoms with E-state index in [1.54, 1.807) is 4.90 Å². The number of halogens is 1. The number of rotatable bonds is 4. The third-order valence-corrected chi connectivity index (χ3v) is 4.58. The van der Waals surface area contributed by atoms with E-state index >= 15 is 0 Å². The number of carbonyl (C=O) groups excluding carboxylic acids is 1. The lowest BCUT2D eigenvalue weighted by Gasteiger charge is -2.26. The summed E-state index contributed by atoms with van der Waals surface area (Å²) in [6.07, 6.45) is 2.27. The van der Waals surface area contributed by atoms with Crippen LogP contribution in [0.15, 0.2) is 24.3 Å². The number of anilines is 4. The minimum Gasteiger partial charge on any atom is -0.370 e. The Morgan fingerprint density at radius 2 is 1.81 bits per heavy atom. The molecule has 2 fully saturated rings.